The van der Waals surface area contributed by atoms with Gasteiger partial charge in [-0.05, 0) is 26.3 Å². The van der Waals surface area contributed by atoms with Gasteiger partial charge in [0, 0.05) is 10.9 Å². The summed E-state index contributed by atoms with van der Waals surface area (Å²) in [5.41, 5.74) is 1.20. The van der Waals surface area contributed by atoms with Crippen LogP contribution in [0.2, 0.25) is 0 Å². The third kappa shape index (κ3) is 2.50. The number of fused-ring (bicyclic) bond motifs is 1. The lowest BCUT2D eigenvalue weighted by Gasteiger charge is -2.03. The summed E-state index contributed by atoms with van der Waals surface area (Å²) in [6.07, 6.45) is 0. The van der Waals surface area contributed by atoms with E-state index in [2.05, 4.69) is 20.8 Å². The molecule has 114 valence electrons. The molecule has 0 fully saturated rings. The van der Waals surface area contributed by atoms with Crippen molar-refractivity contribution in [3.8, 4) is 0 Å². The smallest absolute Gasteiger partial charge is 0.279 e. The van der Waals surface area contributed by atoms with E-state index in [1.165, 1.54) is 11.3 Å². The predicted molar refractivity (Wildman–Crippen MR) is 81.0 cm³/mol. The Morgan fingerprint density at radius 2 is 2.18 bits per heavy atom. The van der Waals surface area contributed by atoms with Gasteiger partial charge in [-0.25, -0.2) is 4.68 Å². The zero-order valence-electron chi connectivity index (χ0n) is 12.2. The number of nitrogens with one attached hydrogen (secondary N) is 1. The number of rotatable bonds is 3. The van der Waals surface area contributed by atoms with Crippen molar-refractivity contribution in [2.45, 2.75) is 27.3 Å². The second kappa shape index (κ2) is 5.34. The van der Waals surface area contributed by atoms with Crippen LogP contribution in [0, 0.1) is 20.8 Å². The van der Waals surface area contributed by atoms with E-state index < -0.39 is 5.91 Å². The number of carbonyl (C=O) groups excluding carboxylic acids is 1. The molecular formula is C13H13N5O3S. The SMILES string of the molecule is Cc1cc(NC(=O)Cn2nnc3sc(C)c(C)c3c2=O)on1. The summed E-state index contributed by atoms with van der Waals surface area (Å²) >= 11 is 1.42. The lowest BCUT2D eigenvalue weighted by Crippen LogP contribution is -2.30. The monoisotopic (exact) mass is 319 g/mol. The number of amides is 1. The lowest BCUT2D eigenvalue weighted by atomic mass is 10.2. The Kier molecular flexibility index (Phi) is 3.49. The van der Waals surface area contributed by atoms with Crippen LogP contribution in [0.4, 0.5) is 5.88 Å². The highest BCUT2D eigenvalue weighted by atomic mass is 32.1. The number of anilines is 1. The number of hydrogen-bond acceptors (Lipinski definition) is 7. The molecule has 9 heteroatoms. The van der Waals surface area contributed by atoms with E-state index in [1.54, 1.807) is 13.0 Å². The Bertz CT molecular complexity index is 924. The molecule has 1 N–H and O–H groups in total. The fraction of sp³-hybridized carbons (Fsp3) is 0.308. The number of aryl methyl sites for hydroxylation is 3. The molecule has 22 heavy (non-hydrogen) atoms. The van der Waals surface area contributed by atoms with Gasteiger partial charge in [0.15, 0.2) is 4.83 Å². The Morgan fingerprint density at radius 1 is 1.41 bits per heavy atom. The second-order valence-corrected chi connectivity index (χ2v) is 6.10. The molecule has 0 aliphatic carbocycles. The minimum atomic E-state index is -0.434. The molecule has 0 bridgehead atoms. The van der Waals surface area contributed by atoms with E-state index in [0.717, 1.165) is 15.1 Å². The fourth-order valence-electron chi connectivity index (χ4n) is 2.03. The largest absolute Gasteiger partial charge is 0.338 e. The van der Waals surface area contributed by atoms with Gasteiger partial charge < -0.3 is 4.52 Å². The summed E-state index contributed by atoms with van der Waals surface area (Å²) in [5.74, 6) is -0.205. The van der Waals surface area contributed by atoms with Crippen molar-refractivity contribution >= 4 is 33.3 Å². The van der Waals surface area contributed by atoms with Crippen molar-refractivity contribution in [1.82, 2.24) is 20.2 Å². The first-order valence-electron chi connectivity index (χ1n) is 6.52. The number of nitrogens with zero attached hydrogens (tertiary/aromatic N) is 4. The van der Waals surface area contributed by atoms with E-state index in [-0.39, 0.29) is 18.0 Å². The summed E-state index contributed by atoms with van der Waals surface area (Å²) in [4.78, 5) is 26.0. The van der Waals surface area contributed by atoms with Crippen LogP contribution in [0.25, 0.3) is 10.2 Å². The van der Waals surface area contributed by atoms with Crippen LogP contribution in [0.5, 0.6) is 0 Å². The Hall–Kier alpha value is -2.55. The molecule has 3 heterocycles. The van der Waals surface area contributed by atoms with Gasteiger partial charge in [0.25, 0.3) is 5.56 Å². The molecule has 3 rings (SSSR count). The van der Waals surface area contributed by atoms with Gasteiger partial charge in [-0.1, -0.05) is 10.4 Å². The predicted octanol–water partition coefficient (Wildman–Crippen LogP) is 1.40. The molecule has 3 aromatic rings. The topological polar surface area (TPSA) is 103 Å². The Labute approximate surface area is 128 Å². The third-order valence-electron chi connectivity index (χ3n) is 3.24. The summed E-state index contributed by atoms with van der Waals surface area (Å²) < 4.78 is 5.93. The van der Waals surface area contributed by atoms with Crippen LogP contribution in [0.15, 0.2) is 15.4 Å². The van der Waals surface area contributed by atoms with Crippen LogP contribution in [-0.2, 0) is 11.3 Å². The molecule has 0 aliphatic rings. The number of carbonyl (C=O) groups is 1. The lowest BCUT2D eigenvalue weighted by molar-refractivity contribution is -0.117. The molecule has 0 aromatic carbocycles. The van der Waals surface area contributed by atoms with Gasteiger partial charge in [0.05, 0.1) is 11.1 Å². The average molecular weight is 319 g/mol. The highest BCUT2D eigenvalue weighted by molar-refractivity contribution is 7.18. The Morgan fingerprint density at radius 3 is 2.86 bits per heavy atom. The maximum absolute atomic E-state index is 12.4. The molecule has 0 atom stereocenters. The van der Waals surface area contributed by atoms with Gasteiger partial charge >= 0.3 is 0 Å². The molecule has 0 unspecified atom stereocenters. The molecule has 0 saturated carbocycles. The molecule has 1 amide bonds. The van der Waals surface area contributed by atoms with Crippen molar-refractivity contribution in [3.05, 3.63) is 32.6 Å². The Balaban J connectivity index is 1.87. The summed E-state index contributed by atoms with van der Waals surface area (Å²) in [7, 11) is 0. The normalized spacial score (nSPS) is 11.0. The number of hydrogen-bond donors (Lipinski definition) is 1. The van der Waals surface area contributed by atoms with Crippen LogP contribution < -0.4 is 10.9 Å². The zero-order chi connectivity index (χ0) is 15.9. The minimum absolute atomic E-state index is 0.229. The van der Waals surface area contributed by atoms with Crippen LogP contribution in [0.1, 0.15) is 16.1 Å². The van der Waals surface area contributed by atoms with Crippen molar-refractivity contribution in [1.29, 1.82) is 0 Å². The van der Waals surface area contributed by atoms with Crippen LogP contribution >= 0.6 is 11.3 Å². The fourth-order valence-corrected chi connectivity index (χ4v) is 3.00. The number of thiophene rings is 1. The van der Waals surface area contributed by atoms with Gasteiger partial charge in [0.2, 0.25) is 11.8 Å². The van der Waals surface area contributed by atoms with Gasteiger partial charge in [-0.3, -0.25) is 14.9 Å². The van der Waals surface area contributed by atoms with E-state index in [4.69, 9.17) is 4.52 Å². The average Bonchev–Trinajstić information content (AvgIpc) is 2.98. The van der Waals surface area contributed by atoms with Crippen molar-refractivity contribution in [3.63, 3.8) is 0 Å². The highest BCUT2D eigenvalue weighted by Crippen LogP contribution is 2.24. The number of aromatic nitrogens is 4. The molecule has 0 saturated heterocycles. The quantitative estimate of drug-likeness (QED) is 0.783. The standard InChI is InChI=1S/C13H13N5O3S/c1-6-4-10(21-16-6)14-9(19)5-18-13(20)11-7(2)8(3)22-12(11)15-17-18/h4H,5H2,1-3H3,(H,14,19). The molecule has 0 spiro atoms. The summed E-state index contributed by atoms with van der Waals surface area (Å²) in [6.45, 7) is 5.28. The highest BCUT2D eigenvalue weighted by Gasteiger charge is 2.15. The minimum Gasteiger partial charge on any atom is -0.338 e. The van der Waals surface area contributed by atoms with Crippen molar-refractivity contribution < 1.29 is 9.32 Å². The van der Waals surface area contributed by atoms with E-state index in [0.29, 0.717) is 15.9 Å². The molecule has 0 aliphatic heterocycles. The van der Waals surface area contributed by atoms with Crippen molar-refractivity contribution in [2.24, 2.45) is 0 Å². The van der Waals surface area contributed by atoms with E-state index in [1.807, 2.05) is 13.8 Å². The van der Waals surface area contributed by atoms with Crippen LogP contribution in [0.3, 0.4) is 0 Å². The van der Waals surface area contributed by atoms with E-state index in [9.17, 15) is 9.59 Å². The van der Waals surface area contributed by atoms with E-state index >= 15 is 0 Å². The van der Waals surface area contributed by atoms with Gasteiger partial charge in [-0.2, -0.15) is 0 Å². The third-order valence-corrected chi connectivity index (χ3v) is 4.33. The zero-order valence-corrected chi connectivity index (χ0v) is 13.0. The maximum Gasteiger partial charge on any atom is 0.279 e. The van der Waals surface area contributed by atoms with Gasteiger partial charge in [0.1, 0.15) is 6.54 Å². The van der Waals surface area contributed by atoms with Gasteiger partial charge in [-0.15, -0.1) is 16.4 Å². The molecule has 3 aromatic heterocycles. The summed E-state index contributed by atoms with van der Waals surface area (Å²) in [5, 5.41) is 14.5. The first-order valence-corrected chi connectivity index (χ1v) is 7.34. The molecular weight excluding hydrogens is 306 g/mol. The molecule has 8 nitrogen and oxygen atoms in total. The first-order chi connectivity index (χ1) is 10.5. The van der Waals surface area contributed by atoms with Crippen LogP contribution in [-0.4, -0.2) is 26.1 Å². The molecule has 0 radical (unpaired) electrons. The second-order valence-electron chi connectivity index (χ2n) is 4.90. The van der Waals surface area contributed by atoms with Crippen molar-refractivity contribution in [2.75, 3.05) is 5.32 Å². The first kappa shape index (κ1) is 14.4. The summed E-state index contributed by atoms with van der Waals surface area (Å²) in [6, 6.07) is 1.59. The maximum atomic E-state index is 12.4.